The molecule has 0 fully saturated rings. The quantitative estimate of drug-likeness (QED) is 0.754. The van der Waals surface area contributed by atoms with E-state index in [1.165, 1.54) is 16.5 Å². The first-order valence-corrected chi connectivity index (χ1v) is 7.39. The average Bonchev–Trinajstić information content (AvgIpc) is 2.49. The summed E-state index contributed by atoms with van der Waals surface area (Å²) in [7, 11) is 0. The van der Waals surface area contributed by atoms with Crippen LogP contribution in [-0.4, -0.2) is 11.0 Å². The second-order valence-electron chi connectivity index (χ2n) is 5.58. The first-order chi connectivity index (χ1) is 10.2. The fourth-order valence-corrected chi connectivity index (χ4v) is 2.62. The normalized spacial score (nSPS) is 12.3. The average molecular weight is 276 g/mol. The van der Waals surface area contributed by atoms with Gasteiger partial charge in [-0.25, -0.2) is 4.98 Å². The second-order valence-corrected chi connectivity index (χ2v) is 5.58. The molecule has 2 aromatic carbocycles. The molecule has 0 aliphatic heterocycles. The van der Waals surface area contributed by atoms with Crippen molar-refractivity contribution in [3.63, 3.8) is 0 Å². The molecule has 0 aliphatic carbocycles. The van der Waals surface area contributed by atoms with E-state index in [0.29, 0.717) is 6.04 Å². The van der Waals surface area contributed by atoms with Crippen LogP contribution in [0.1, 0.15) is 18.1 Å². The molecule has 21 heavy (non-hydrogen) atoms. The van der Waals surface area contributed by atoms with Crippen LogP contribution < -0.4 is 5.32 Å². The summed E-state index contributed by atoms with van der Waals surface area (Å²) in [5, 5.41) is 4.73. The molecule has 106 valence electrons. The van der Waals surface area contributed by atoms with Gasteiger partial charge >= 0.3 is 0 Å². The lowest BCUT2D eigenvalue weighted by Gasteiger charge is -2.17. The predicted molar refractivity (Wildman–Crippen MR) is 89.7 cm³/mol. The molecule has 0 bridgehead atoms. The fraction of sp³-hybridized carbons (Fsp3) is 0.211. The summed E-state index contributed by atoms with van der Waals surface area (Å²) < 4.78 is 0. The Morgan fingerprint density at radius 2 is 1.71 bits per heavy atom. The summed E-state index contributed by atoms with van der Waals surface area (Å²) in [4.78, 5) is 4.75. The Morgan fingerprint density at radius 3 is 2.52 bits per heavy atom. The number of hydrogen-bond donors (Lipinski definition) is 1. The molecule has 1 aromatic heterocycles. The number of nitrogens with one attached hydrogen (secondary N) is 1. The van der Waals surface area contributed by atoms with Crippen molar-refractivity contribution in [2.45, 2.75) is 26.3 Å². The topological polar surface area (TPSA) is 24.9 Å². The number of rotatable bonds is 4. The molecular formula is C19H20N2. The van der Waals surface area contributed by atoms with Crippen molar-refractivity contribution in [3.8, 4) is 0 Å². The first-order valence-electron chi connectivity index (χ1n) is 7.39. The summed E-state index contributed by atoms with van der Waals surface area (Å²) in [6.07, 6.45) is 0.995. The van der Waals surface area contributed by atoms with Gasteiger partial charge in [-0.05, 0) is 43.5 Å². The molecule has 0 amide bonds. The number of nitrogens with zero attached hydrogens (tertiary/aromatic N) is 1. The Kier molecular flexibility index (Phi) is 3.87. The van der Waals surface area contributed by atoms with Crippen molar-refractivity contribution in [1.29, 1.82) is 0 Å². The Morgan fingerprint density at radius 1 is 1.00 bits per heavy atom. The Bertz CT molecular complexity index is 735. The largest absolute Gasteiger partial charge is 0.367 e. The van der Waals surface area contributed by atoms with Gasteiger partial charge in [-0.1, -0.05) is 48.5 Å². The van der Waals surface area contributed by atoms with Gasteiger partial charge in [0, 0.05) is 11.4 Å². The van der Waals surface area contributed by atoms with Crippen molar-refractivity contribution in [2.24, 2.45) is 0 Å². The van der Waals surface area contributed by atoms with E-state index in [9.17, 15) is 0 Å². The van der Waals surface area contributed by atoms with Crippen LogP contribution in [0.3, 0.4) is 0 Å². The molecule has 3 aromatic rings. The first kappa shape index (κ1) is 13.6. The minimum Gasteiger partial charge on any atom is -0.367 e. The Balaban J connectivity index is 1.79. The maximum Gasteiger partial charge on any atom is 0.129 e. The molecular weight excluding hydrogens is 256 g/mol. The molecule has 0 saturated heterocycles. The molecule has 0 spiro atoms. The zero-order valence-corrected chi connectivity index (χ0v) is 12.5. The van der Waals surface area contributed by atoms with Gasteiger partial charge in [0.15, 0.2) is 0 Å². The van der Waals surface area contributed by atoms with Gasteiger partial charge in [0.2, 0.25) is 0 Å². The summed E-state index contributed by atoms with van der Waals surface area (Å²) in [6.45, 7) is 4.31. The number of para-hydroxylation sites is 1. The monoisotopic (exact) mass is 276 g/mol. The van der Waals surface area contributed by atoms with Crippen LogP contribution >= 0.6 is 0 Å². The minimum absolute atomic E-state index is 0.347. The molecule has 2 heteroatoms. The molecule has 2 nitrogen and oxygen atoms in total. The molecule has 1 N–H and O–H groups in total. The molecule has 0 saturated carbocycles. The summed E-state index contributed by atoms with van der Waals surface area (Å²) >= 11 is 0. The lowest BCUT2D eigenvalue weighted by Crippen LogP contribution is -2.19. The fourth-order valence-electron chi connectivity index (χ4n) is 2.62. The van der Waals surface area contributed by atoms with Gasteiger partial charge < -0.3 is 5.32 Å². The SMILES string of the molecule is Cc1cc2ccccc2nc1NC(C)Cc1ccccc1. The third kappa shape index (κ3) is 3.22. The van der Waals surface area contributed by atoms with Crippen molar-refractivity contribution in [3.05, 3.63) is 71.8 Å². The maximum atomic E-state index is 4.75. The third-order valence-electron chi connectivity index (χ3n) is 3.68. The molecule has 1 atom stereocenters. The number of aryl methyl sites for hydroxylation is 1. The van der Waals surface area contributed by atoms with Gasteiger partial charge in [0.1, 0.15) is 5.82 Å². The van der Waals surface area contributed by atoms with Crippen molar-refractivity contribution >= 4 is 16.7 Å². The number of benzene rings is 2. The number of hydrogen-bond acceptors (Lipinski definition) is 2. The maximum absolute atomic E-state index is 4.75. The number of fused-ring (bicyclic) bond motifs is 1. The van der Waals surface area contributed by atoms with Gasteiger partial charge in [0.05, 0.1) is 5.52 Å². The highest BCUT2D eigenvalue weighted by molar-refractivity contribution is 5.81. The van der Waals surface area contributed by atoms with E-state index in [-0.39, 0.29) is 0 Å². The second kappa shape index (κ2) is 5.96. The third-order valence-corrected chi connectivity index (χ3v) is 3.68. The number of aromatic nitrogens is 1. The summed E-state index contributed by atoms with van der Waals surface area (Å²) in [6, 6.07) is 21.3. The van der Waals surface area contributed by atoms with E-state index in [4.69, 9.17) is 4.98 Å². The Labute approximate surface area is 125 Å². The molecule has 0 radical (unpaired) electrons. The smallest absolute Gasteiger partial charge is 0.129 e. The van der Waals surface area contributed by atoms with E-state index < -0.39 is 0 Å². The van der Waals surface area contributed by atoms with Crippen LogP contribution in [0.4, 0.5) is 5.82 Å². The van der Waals surface area contributed by atoms with Crippen LogP contribution in [0.2, 0.25) is 0 Å². The van der Waals surface area contributed by atoms with Gasteiger partial charge in [-0.15, -0.1) is 0 Å². The van der Waals surface area contributed by atoms with Gasteiger partial charge in [-0.3, -0.25) is 0 Å². The highest BCUT2D eigenvalue weighted by Gasteiger charge is 2.08. The number of anilines is 1. The number of pyridine rings is 1. The van der Waals surface area contributed by atoms with E-state index in [1.54, 1.807) is 0 Å². The van der Waals surface area contributed by atoms with Crippen LogP contribution in [-0.2, 0) is 6.42 Å². The molecule has 3 rings (SSSR count). The highest BCUT2D eigenvalue weighted by atomic mass is 15.0. The zero-order chi connectivity index (χ0) is 14.7. The zero-order valence-electron chi connectivity index (χ0n) is 12.5. The summed E-state index contributed by atoms with van der Waals surface area (Å²) in [5.41, 5.74) is 3.57. The van der Waals surface area contributed by atoms with Crippen molar-refractivity contribution in [1.82, 2.24) is 4.98 Å². The minimum atomic E-state index is 0.347. The van der Waals surface area contributed by atoms with E-state index >= 15 is 0 Å². The standard InChI is InChI=1S/C19H20N2/c1-14-12-17-10-6-7-11-18(17)21-19(14)20-15(2)13-16-8-4-3-5-9-16/h3-12,15H,13H2,1-2H3,(H,20,21). The van der Waals surface area contributed by atoms with Crippen molar-refractivity contribution in [2.75, 3.05) is 5.32 Å². The van der Waals surface area contributed by atoms with Gasteiger partial charge in [-0.2, -0.15) is 0 Å². The molecule has 1 unspecified atom stereocenters. The van der Waals surface area contributed by atoms with E-state index in [2.05, 4.69) is 73.8 Å². The van der Waals surface area contributed by atoms with Crippen LogP contribution in [0.15, 0.2) is 60.7 Å². The lowest BCUT2D eigenvalue weighted by molar-refractivity contribution is 0.784. The lowest BCUT2D eigenvalue weighted by atomic mass is 10.1. The van der Waals surface area contributed by atoms with Crippen LogP contribution in [0.25, 0.3) is 10.9 Å². The van der Waals surface area contributed by atoms with Crippen LogP contribution in [0.5, 0.6) is 0 Å². The Hall–Kier alpha value is -2.35. The van der Waals surface area contributed by atoms with Gasteiger partial charge in [0.25, 0.3) is 0 Å². The predicted octanol–water partition coefficient (Wildman–Crippen LogP) is 4.59. The molecule has 1 heterocycles. The molecule has 0 aliphatic rings. The van der Waals surface area contributed by atoms with E-state index in [1.807, 2.05) is 6.07 Å². The van der Waals surface area contributed by atoms with Crippen molar-refractivity contribution < 1.29 is 0 Å². The summed E-state index contributed by atoms with van der Waals surface area (Å²) in [5.74, 6) is 0.983. The highest BCUT2D eigenvalue weighted by Crippen LogP contribution is 2.20. The van der Waals surface area contributed by atoms with E-state index in [0.717, 1.165) is 17.8 Å². The van der Waals surface area contributed by atoms with Crippen LogP contribution in [0, 0.1) is 6.92 Å².